The molecule has 35 heteroatoms. The Kier molecular flexibility index (Phi) is 36.1. The monoisotopic (exact) mass is 1390 g/mol. The number of nitrogens with zero attached hydrogens (tertiary/aromatic N) is 2. The van der Waals surface area contributed by atoms with E-state index in [1.807, 2.05) is 16.0 Å². The van der Waals surface area contributed by atoms with E-state index in [0.717, 1.165) is 48.8 Å². The van der Waals surface area contributed by atoms with Gasteiger partial charge < -0.3 is 94.4 Å². The van der Waals surface area contributed by atoms with Crippen molar-refractivity contribution >= 4 is 101 Å². The molecule has 13 amide bonds. The van der Waals surface area contributed by atoms with Gasteiger partial charge in [-0.2, -0.15) is 0 Å². The molecule has 3 saturated heterocycles. The van der Waals surface area contributed by atoms with Crippen LogP contribution in [-0.4, -0.2) is 230 Å². The molecule has 550 valence electrons. The molecule has 3 heterocycles. The number of fused-ring (bicyclic) bond motifs is 2. The summed E-state index contributed by atoms with van der Waals surface area (Å²) in [4.78, 5) is 232. The van der Waals surface area contributed by atoms with E-state index in [2.05, 4.69) is 49.5 Å². The molecule has 3 fully saturated rings. The zero-order valence-electron chi connectivity index (χ0n) is 56.8. The fraction of sp³-hybridized carbons (Fsp3) is 0.730. The predicted molar refractivity (Wildman–Crippen MR) is 347 cm³/mol. The summed E-state index contributed by atoms with van der Waals surface area (Å²) < 4.78 is 0. The Morgan fingerprint density at radius 2 is 1.01 bits per heavy atom. The number of piperidine rings is 1. The molecule has 0 aromatic carbocycles. The largest absolute Gasteiger partial charge is 0.481 e. The topological polar surface area (TPSA) is 536 Å². The zero-order valence-corrected chi connectivity index (χ0v) is 56.8. The van der Waals surface area contributed by atoms with E-state index in [0.29, 0.717) is 6.42 Å². The lowest BCUT2D eigenvalue weighted by Crippen LogP contribution is -2.66. The van der Waals surface area contributed by atoms with E-state index in [1.54, 1.807) is 13.8 Å². The summed E-state index contributed by atoms with van der Waals surface area (Å²) in [5.41, 5.74) is 6.12. The van der Waals surface area contributed by atoms with Gasteiger partial charge in [-0.15, -0.1) is 0 Å². The summed E-state index contributed by atoms with van der Waals surface area (Å²) >= 11 is 0. The van der Waals surface area contributed by atoms with Gasteiger partial charge in [0, 0.05) is 25.6 Å². The van der Waals surface area contributed by atoms with Crippen molar-refractivity contribution in [3.63, 3.8) is 0 Å². The highest BCUT2D eigenvalue weighted by molar-refractivity contribution is 6.01. The quantitative estimate of drug-likeness (QED) is 0.0338. The van der Waals surface area contributed by atoms with Crippen LogP contribution in [0.1, 0.15) is 183 Å². The lowest BCUT2D eigenvalue weighted by atomic mass is 9.96. The molecule has 3 aliphatic rings. The van der Waals surface area contributed by atoms with Gasteiger partial charge in [0.15, 0.2) is 0 Å². The smallest absolute Gasteiger partial charge is 0.308 e. The Bertz CT molecular complexity index is 2840. The van der Waals surface area contributed by atoms with E-state index in [1.165, 1.54) is 58.8 Å². The zero-order chi connectivity index (χ0) is 73.3. The number of carbonyl (C=O) groups is 17. The lowest BCUT2D eigenvalue weighted by Gasteiger charge is -2.39. The second-order valence-corrected chi connectivity index (χ2v) is 25.6. The summed E-state index contributed by atoms with van der Waals surface area (Å²) in [6, 6.07) is -18.9. The van der Waals surface area contributed by atoms with Crippen LogP contribution in [0.25, 0.3) is 0 Å². The molecule has 0 spiro atoms. The van der Waals surface area contributed by atoms with Gasteiger partial charge in [-0.1, -0.05) is 97.8 Å². The fourth-order valence-corrected chi connectivity index (χ4v) is 11.5. The van der Waals surface area contributed by atoms with Crippen molar-refractivity contribution in [2.75, 3.05) is 32.7 Å². The number of carboxylic acids is 4. The summed E-state index contributed by atoms with van der Waals surface area (Å²) in [5, 5.41) is 64.6. The minimum absolute atomic E-state index is 0.00245. The summed E-state index contributed by atoms with van der Waals surface area (Å²) in [5.74, 6) is -23.6. The lowest BCUT2D eigenvalue weighted by molar-refractivity contribution is -0.150. The number of aliphatic carboxylic acids is 4. The minimum atomic E-state index is -2.17. The maximum Gasteiger partial charge on any atom is 0.308 e. The second kappa shape index (κ2) is 42.6. The van der Waals surface area contributed by atoms with Crippen molar-refractivity contribution in [1.29, 1.82) is 0 Å². The third-order valence-corrected chi connectivity index (χ3v) is 17.1. The first-order chi connectivity index (χ1) is 46.3. The Hall–Kier alpha value is -9.05. The van der Waals surface area contributed by atoms with Crippen LogP contribution in [0.2, 0.25) is 0 Å². The first kappa shape index (κ1) is 83.2. The highest BCUT2D eigenvalue weighted by atomic mass is 16.4. The number of carboxylic acid groups (broad SMARTS) is 4. The van der Waals surface area contributed by atoms with Crippen molar-refractivity contribution in [2.24, 2.45) is 17.6 Å². The number of nitrogens with two attached hydrogens (primary N) is 1. The number of rotatable bonds is 29. The molecular formula is C63H102N14O21. The fourth-order valence-electron chi connectivity index (χ4n) is 11.5. The number of hydrogen-bond acceptors (Lipinski definition) is 18. The number of hydrogen-bond donors (Lipinski definition) is 16. The molecule has 3 rings (SSSR count). The average molecular weight is 1390 g/mol. The molecule has 35 nitrogen and oxygen atoms in total. The standard InChI is InChI=1S/C63H102N14O21/c1-7-8-9-10-11-12-13-14-15-16-17-18-19-25-43(78)65-31-44(79)70-40(30-49(86)87)56(90)75-53-37(6)68-57(91)42-24-22-27-77(42)61(95)50(34(2)3)73-60(94)52(36(5)64)72-46(81)33-67-54(88)38(28-47(82)83)69-45(80)32-66-55(89)39(29-48(84)85)71-59(93)51(35(4)63(97)98)74-58(92)41-23-20-21-26-76(41)62(53)96/h34-42,50-53H,7-33,64H2,1-6H3,(H,65,78)(H,66,89)(H,67,88)(H,68,91)(H,69,80)(H,70,79)(H,71,93)(H,72,81)(H,73,94)(H,74,92)(H,75,90)(H,82,83)(H,84,85)(H,86,87)(H,97,98). The van der Waals surface area contributed by atoms with Gasteiger partial charge in [0.05, 0.1) is 50.9 Å². The van der Waals surface area contributed by atoms with Crippen LogP contribution in [-0.2, 0) is 81.5 Å². The summed E-state index contributed by atoms with van der Waals surface area (Å²) in [6.07, 6.45) is 11.1. The summed E-state index contributed by atoms with van der Waals surface area (Å²) in [6.45, 7) is 5.71. The van der Waals surface area contributed by atoms with Gasteiger partial charge >= 0.3 is 23.9 Å². The molecule has 3 aliphatic heterocycles. The maximum atomic E-state index is 15.3. The normalized spacial score (nSPS) is 24.1. The van der Waals surface area contributed by atoms with E-state index in [4.69, 9.17) is 5.73 Å². The van der Waals surface area contributed by atoms with Crippen molar-refractivity contribution < 1.29 is 102 Å². The van der Waals surface area contributed by atoms with Crippen molar-refractivity contribution in [3.05, 3.63) is 0 Å². The Morgan fingerprint density at radius 1 is 0.531 bits per heavy atom. The van der Waals surface area contributed by atoms with Gasteiger partial charge in [0.1, 0.15) is 54.4 Å². The Balaban J connectivity index is 2.07. The van der Waals surface area contributed by atoms with Gasteiger partial charge in [-0.25, -0.2) is 0 Å². The van der Waals surface area contributed by atoms with Gasteiger partial charge in [0.2, 0.25) is 76.8 Å². The number of nitrogens with one attached hydrogen (secondary N) is 11. The van der Waals surface area contributed by atoms with E-state index in [-0.39, 0.29) is 51.6 Å². The Labute approximate surface area is 568 Å². The molecule has 0 aromatic rings. The van der Waals surface area contributed by atoms with Crippen LogP contribution in [0.4, 0.5) is 0 Å². The number of unbranched alkanes of at least 4 members (excludes halogenated alkanes) is 12. The van der Waals surface area contributed by atoms with Crippen molar-refractivity contribution in [2.45, 2.75) is 249 Å². The summed E-state index contributed by atoms with van der Waals surface area (Å²) in [7, 11) is 0. The number of amides is 13. The molecule has 0 bridgehead atoms. The average Bonchev–Trinajstić information content (AvgIpc) is 1.22. The molecule has 12 unspecified atom stereocenters. The first-order valence-corrected chi connectivity index (χ1v) is 33.7. The van der Waals surface area contributed by atoms with Crippen LogP contribution in [0, 0.1) is 11.8 Å². The van der Waals surface area contributed by atoms with Crippen LogP contribution in [0.5, 0.6) is 0 Å². The van der Waals surface area contributed by atoms with Crippen LogP contribution < -0.4 is 64.2 Å². The third kappa shape index (κ3) is 28.6. The first-order valence-electron chi connectivity index (χ1n) is 33.7. The van der Waals surface area contributed by atoms with Gasteiger partial charge in [0.25, 0.3) is 0 Å². The highest BCUT2D eigenvalue weighted by Gasteiger charge is 2.45. The third-order valence-electron chi connectivity index (χ3n) is 17.1. The number of carbonyl (C=O) groups excluding carboxylic acids is 13. The van der Waals surface area contributed by atoms with E-state index in [9.17, 15) is 97.1 Å². The molecular weight excluding hydrogens is 1290 g/mol. The maximum absolute atomic E-state index is 15.3. The molecule has 17 N–H and O–H groups in total. The molecule has 12 atom stereocenters. The van der Waals surface area contributed by atoms with Crippen molar-refractivity contribution in [3.8, 4) is 0 Å². The Morgan fingerprint density at radius 3 is 1.53 bits per heavy atom. The SMILES string of the molecule is CCCCCCCCCCCCCCCC(=O)NCC(=O)NC(CC(=O)O)C(=O)NC1C(=O)N2CCCCC2C(=O)NC(C(C)C(=O)O)C(=O)NC(CC(=O)O)C(=O)NCC(=O)NC(CC(=O)O)C(=O)NCC(=O)NC(C(C)N)C(=O)NC(C(C)C)C(=O)N2CCCC2C(=O)NC1C. The highest BCUT2D eigenvalue weighted by Crippen LogP contribution is 2.24. The minimum Gasteiger partial charge on any atom is -0.481 e. The molecule has 0 radical (unpaired) electrons. The van der Waals surface area contributed by atoms with Crippen LogP contribution in [0.3, 0.4) is 0 Å². The van der Waals surface area contributed by atoms with E-state index < -0.39 is 218 Å². The van der Waals surface area contributed by atoms with Crippen LogP contribution >= 0.6 is 0 Å². The van der Waals surface area contributed by atoms with Gasteiger partial charge in [-0.3, -0.25) is 81.5 Å². The molecule has 98 heavy (non-hydrogen) atoms. The van der Waals surface area contributed by atoms with Crippen LogP contribution in [0.15, 0.2) is 0 Å². The van der Waals surface area contributed by atoms with Gasteiger partial charge in [-0.05, 0) is 65.2 Å². The van der Waals surface area contributed by atoms with Crippen molar-refractivity contribution in [1.82, 2.24) is 68.3 Å². The predicted octanol–water partition coefficient (Wildman–Crippen LogP) is -2.75. The second-order valence-electron chi connectivity index (χ2n) is 25.6. The molecule has 0 aliphatic carbocycles. The molecule has 0 saturated carbocycles. The molecule has 0 aromatic heterocycles. The van der Waals surface area contributed by atoms with E-state index >= 15 is 4.79 Å².